The van der Waals surface area contributed by atoms with E-state index in [1.807, 2.05) is 0 Å². The van der Waals surface area contributed by atoms with Crippen LogP contribution in [0.3, 0.4) is 0 Å². The van der Waals surface area contributed by atoms with Gasteiger partial charge in [-0.2, -0.15) is 0 Å². The second-order valence-corrected chi connectivity index (χ2v) is 7.89. The highest BCUT2D eigenvalue weighted by atomic mass is 127. The van der Waals surface area contributed by atoms with E-state index in [1.165, 1.54) is 19.3 Å². The molecule has 0 aromatic heterocycles. The Morgan fingerprint density at radius 1 is 1.03 bits per heavy atom. The molecule has 0 spiro atoms. The first kappa shape index (κ1) is 26.4. The van der Waals surface area contributed by atoms with Gasteiger partial charge in [-0.15, -0.1) is 24.0 Å². The van der Waals surface area contributed by atoms with Gasteiger partial charge in [-0.05, 0) is 25.7 Å². The first-order chi connectivity index (χ1) is 13.7. The normalized spacial score (nSPS) is 18.6. The number of halogens is 1. The molecule has 7 nitrogen and oxygen atoms in total. The number of piperazine rings is 1. The molecule has 0 aromatic rings. The summed E-state index contributed by atoms with van der Waals surface area (Å²) < 4.78 is 5.57. The zero-order valence-electron chi connectivity index (χ0n) is 18.5. The smallest absolute Gasteiger partial charge is 0.225 e. The highest BCUT2D eigenvalue weighted by Crippen LogP contribution is 2.26. The third kappa shape index (κ3) is 10.3. The maximum atomic E-state index is 12.5. The fraction of sp³-hybridized carbons (Fsp3) is 0.905. The maximum absolute atomic E-state index is 12.5. The number of amides is 1. The van der Waals surface area contributed by atoms with Crippen LogP contribution < -0.4 is 10.6 Å². The van der Waals surface area contributed by atoms with Gasteiger partial charge in [0.15, 0.2) is 5.96 Å². The Kier molecular flexibility index (Phi) is 14.7. The minimum atomic E-state index is 0. The van der Waals surface area contributed by atoms with Crippen LogP contribution in [-0.2, 0) is 9.53 Å². The fourth-order valence-electron chi connectivity index (χ4n) is 3.91. The van der Waals surface area contributed by atoms with Crippen molar-refractivity contribution in [3.8, 4) is 0 Å². The summed E-state index contributed by atoms with van der Waals surface area (Å²) in [6.45, 7) is 10.2. The summed E-state index contributed by atoms with van der Waals surface area (Å²) in [5.41, 5.74) is 0. The molecule has 0 unspecified atom stereocenters. The molecular formula is C21H42IN5O2. The molecule has 1 heterocycles. The van der Waals surface area contributed by atoms with Crippen LogP contribution in [-0.4, -0.2) is 87.7 Å². The zero-order chi connectivity index (χ0) is 20.0. The number of guanidine groups is 1. The number of unbranched alkanes of at least 4 members (excludes halogenated alkanes) is 1. The van der Waals surface area contributed by atoms with Crippen molar-refractivity contribution in [3.05, 3.63) is 0 Å². The Balaban J connectivity index is 0.00000420. The molecule has 1 aliphatic carbocycles. The lowest BCUT2D eigenvalue weighted by molar-refractivity contribution is -0.137. The van der Waals surface area contributed by atoms with Gasteiger partial charge in [0.1, 0.15) is 0 Å². The molecule has 170 valence electrons. The van der Waals surface area contributed by atoms with E-state index in [4.69, 9.17) is 4.74 Å². The molecule has 1 saturated carbocycles. The summed E-state index contributed by atoms with van der Waals surface area (Å²) in [7, 11) is 1.81. The second kappa shape index (κ2) is 16.1. The lowest BCUT2D eigenvalue weighted by Gasteiger charge is -2.36. The van der Waals surface area contributed by atoms with Crippen LogP contribution in [0.2, 0.25) is 0 Å². The van der Waals surface area contributed by atoms with Crippen molar-refractivity contribution in [2.75, 3.05) is 66.1 Å². The number of carbonyl (C=O) groups excluding carboxylic acids is 1. The molecule has 2 rings (SSSR count). The lowest BCUT2D eigenvalue weighted by atomic mass is 10.1. The van der Waals surface area contributed by atoms with Gasteiger partial charge in [-0.3, -0.25) is 14.7 Å². The Labute approximate surface area is 194 Å². The predicted molar refractivity (Wildman–Crippen MR) is 130 cm³/mol. The number of rotatable bonds is 11. The summed E-state index contributed by atoms with van der Waals surface area (Å²) >= 11 is 0. The zero-order valence-corrected chi connectivity index (χ0v) is 20.8. The molecule has 0 aromatic carbocycles. The van der Waals surface area contributed by atoms with Gasteiger partial charge in [0.2, 0.25) is 5.91 Å². The average molecular weight is 524 g/mol. The summed E-state index contributed by atoms with van der Waals surface area (Å²) in [5, 5.41) is 6.72. The Hall–Kier alpha value is -0.610. The maximum Gasteiger partial charge on any atom is 0.225 e. The minimum absolute atomic E-state index is 0. The molecule has 2 fully saturated rings. The molecule has 0 radical (unpaired) electrons. The lowest BCUT2D eigenvalue weighted by Crippen LogP contribution is -2.51. The van der Waals surface area contributed by atoms with Crippen LogP contribution in [0.5, 0.6) is 0 Å². The van der Waals surface area contributed by atoms with Gasteiger partial charge in [-0.25, -0.2) is 0 Å². The van der Waals surface area contributed by atoms with Crippen LogP contribution >= 0.6 is 24.0 Å². The number of hydrogen-bond acceptors (Lipinski definition) is 4. The quantitative estimate of drug-likeness (QED) is 0.188. The highest BCUT2D eigenvalue weighted by Gasteiger charge is 2.29. The van der Waals surface area contributed by atoms with E-state index < -0.39 is 0 Å². The number of nitrogens with one attached hydrogen (secondary N) is 2. The summed E-state index contributed by atoms with van der Waals surface area (Å²) in [6, 6.07) is 0. The van der Waals surface area contributed by atoms with Gasteiger partial charge in [0.05, 0.1) is 0 Å². The SMILES string of the molecule is CCCCOCCCNC(=NC)NCCN1CCN(C(=O)C2CCCC2)CC1.I. The van der Waals surface area contributed by atoms with Crippen molar-refractivity contribution in [2.45, 2.75) is 51.9 Å². The number of aliphatic imine (C=N–C) groups is 1. The van der Waals surface area contributed by atoms with E-state index in [2.05, 4.69) is 32.3 Å². The Morgan fingerprint density at radius 3 is 2.34 bits per heavy atom. The molecule has 1 amide bonds. The van der Waals surface area contributed by atoms with E-state index in [1.54, 1.807) is 7.05 Å². The van der Waals surface area contributed by atoms with E-state index in [0.717, 1.165) is 90.7 Å². The molecule has 1 saturated heterocycles. The summed E-state index contributed by atoms with van der Waals surface area (Å²) in [5.74, 6) is 1.56. The van der Waals surface area contributed by atoms with Crippen LogP contribution in [0.25, 0.3) is 0 Å². The number of ether oxygens (including phenoxy) is 1. The van der Waals surface area contributed by atoms with E-state index in [-0.39, 0.29) is 24.0 Å². The molecular weight excluding hydrogens is 481 g/mol. The van der Waals surface area contributed by atoms with Crippen molar-refractivity contribution in [3.63, 3.8) is 0 Å². The fourth-order valence-corrected chi connectivity index (χ4v) is 3.91. The Bertz CT molecular complexity index is 464. The van der Waals surface area contributed by atoms with Gasteiger partial charge in [0.25, 0.3) is 0 Å². The first-order valence-corrected chi connectivity index (χ1v) is 11.3. The monoisotopic (exact) mass is 523 g/mol. The van der Waals surface area contributed by atoms with Crippen molar-refractivity contribution in [2.24, 2.45) is 10.9 Å². The van der Waals surface area contributed by atoms with Crippen LogP contribution in [0.15, 0.2) is 4.99 Å². The molecule has 2 aliphatic rings. The topological polar surface area (TPSA) is 69.2 Å². The minimum Gasteiger partial charge on any atom is -0.381 e. The van der Waals surface area contributed by atoms with Crippen LogP contribution in [0.1, 0.15) is 51.9 Å². The molecule has 1 aliphatic heterocycles. The van der Waals surface area contributed by atoms with Crippen LogP contribution in [0.4, 0.5) is 0 Å². The summed E-state index contributed by atoms with van der Waals surface area (Å²) in [6.07, 6.45) is 7.95. The van der Waals surface area contributed by atoms with E-state index in [9.17, 15) is 4.79 Å². The average Bonchev–Trinajstić information content (AvgIpc) is 3.26. The highest BCUT2D eigenvalue weighted by molar-refractivity contribution is 14.0. The third-order valence-corrected chi connectivity index (χ3v) is 5.73. The van der Waals surface area contributed by atoms with Crippen molar-refractivity contribution < 1.29 is 9.53 Å². The largest absolute Gasteiger partial charge is 0.381 e. The molecule has 2 N–H and O–H groups in total. The van der Waals surface area contributed by atoms with Gasteiger partial charge >= 0.3 is 0 Å². The van der Waals surface area contributed by atoms with Crippen molar-refractivity contribution in [1.29, 1.82) is 0 Å². The summed E-state index contributed by atoms with van der Waals surface area (Å²) in [4.78, 5) is 21.3. The van der Waals surface area contributed by atoms with E-state index in [0.29, 0.717) is 11.8 Å². The molecule has 8 heteroatoms. The van der Waals surface area contributed by atoms with E-state index >= 15 is 0 Å². The van der Waals surface area contributed by atoms with Crippen molar-refractivity contribution >= 4 is 35.8 Å². The second-order valence-electron chi connectivity index (χ2n) is 7.89. The van der Waals surface area contributed by atoms with Gasteiger partial charge < -0.3 is 20.3 Å². The van der Waals surface area contributed by atoms with Crippen LogP contribution in [0, 0.1) is 5.92 Å². The Morgan fingerprint density at radius 2 is 1.69 bits per heavy atom. The molecule has 0 atom stereocenters. The molecule has 0 bridgehead atoms. The number of carbonyl (C=O) groups is 1. The standard InChI is InChI=1S/C21H41N5O2.HI/c1-3-4-17-28-18-7-10-23-21(22-2)24-11-12-25-13-15-26(16-14-25)20(27)19-8-5-6-9-19;/h19H,3-18H2,1-2H3,(H2,22,23,24);1H. The van der Waals surface area contributed by atoms with Gasteiger partial charge in [0, 0.05) is 72.0 Å². The number of nitrogens with zero attached hydrogens (tertiary/aromatic N) is 3. The number of hydrogen-bond donors (Lipinski definition) is 2. The third-order valence-electron chi connectivity index (χ3n) is 5.73. The first-order valence-electron chi connectivity index (χ1n) is 11.3. The van der Waals surface area contributed by atoms with Crippen molar-refractivity contribution in [1.82, 2.24) is 20.4 Å². The molecule has 29 heavy (non-hydrogen) atoms. The predicted octanol–water partition coefficient (Wildman–Crippen LogP) is 2.31. The van der Waals surface area contributed by atoms with Gasteiger partial charge in [-0.1, -0.05) is 26.2 Å².